The van der Waals surface area contributed by atoms with Gasteiger partial charge in [0.05, 0.1) is 11.8 Å². The number of aryl methyl sites for hydroxylation is 1. The first-order chi connectivity index (χ1) is 8.18. The van der Waals surface area contributed by atoms with Crippen molar-refractivity contribution in [2.24, 2.45) is 0 Å². The number of hydrogen-bond donors (Lipinski definition) is 1. The Bertz CT molecular complexity index is 555. The van der Waals surface area contributed by atoms with Gasteiger partial charge in [0.25, 0.3) is 5.91 Å². The van der Waals surface area contributed by atoms with Crippen molar-refractivity contribution in [3.63, 3.8) is 0 Å². The van der Waals surface area contributed by atoms with E-state index in [-0.39, 0.29) is 5.56 Å². The zero-order valence-electron chi connectivity index (χ0n) is 9.27. The maximum atomic E-state index is 13.3. The first-order valence-corrected chi connectivity index (χ1v) is 5.15. The summed E-state index contributed by atoms with van der Waals surface area (Å²) in [7, 11) is 0. The maximum absolute atomic E-state index is 13.3. The van der Waals surface area contributed by atoms with Gasteiger partial charge in [-0.2, -0.15) is 0 Å². The number of anilines is 1. The second kappa shape index (κ2) is 4.74. The van der Waals surface area contributed by atoms with Crippen LogP contribution < -0.4 is 5.32 Å². The van der Waals surface area contributed by atoms with Crippen LogP contribution in [0.15, 0.2) is 42.7 Å². The minimum atomic E-state index is -0.626. The summed E-state index contributed by atoms with van der Waals surface area (Å²) in [6, 6.07) is 8.68. The third kappa shape index (κ3) is 2.47. The number of nitrogens with one attached hydrogen (secondary N) is 1. The molecule has 0 fully saturated rings. The number of amides is 1. The van der Waals surface area contributed by atoms with E-state index in [9.17, 15) is 9.18 Å². The number of hydrogen-bond acceptors (Lipinski definition) is 2. The van der Waals surface area contributed by atoms with E-state index in [2.05, 4.69) is 10.3 Å². The summed E-state index contributed by atoms with van der Waals surface area (Å²) in [6.45, 7) is 1.87. The zero-order chi connectivity index (χ0) is 12.3. The second-order valence-electron chi connectivity index (χ2n) is 3.62. The molecule has 1 N–H and O–H groups in total. The Labute approximate surface area is 98.3 Å². The summed E-state index contributed by atoms with van der Waals surface area (Å²) in [5.74, 6) is -1.10. The summed E-state index contributed by atoms with van der Waals surface area (Å²) in [5, 5.41) is 2.66. The molecule has 86 valence electrons. The van der Waals surface area contributed by atoms with Crippen LogP contribution in [0.4, 0.5) is 10.1 Å². The fourth-order valence-corrected chi connectivity index (χ4v) is 1.46. The molecule has 0 bridgehead atoms. The first kappa shape index (κ1) is 11.3. The highest BCUT2D eigenvalue weighted by Gasteiger charge is 2.11. The van der Waals surface area contributed by atoms with Crippen LogP contribution in [0.1, 0.15) is 15.9 Å². The Balaban J connectivity index is 2.24. The van der Waals surface area contributed by atoms with Gasteiger partial charge in [0.15, 0.2) is 5.82 Å². The molecule has 1 amide bonds. The van der Waals surface area contributed by atoms with E-state index in [1.54, 1.807) is 6.07 Å². The Morgan fingerprint density at radius 1 is 1.29 bits per heavy atom. The molecule has 2 aromatic rings. The SMILES string of the molecule is Cc1ccccc1NC(=O)c1ccncc1F. The van der Waals surface area contributed by atoms with Crippen molar-refractivity contribution in [2.75, 3.05) is 5.32 Å². The van der Waals surface area contributed by atoms with E-state index in [0.29, 0.717) is 5.69 Å². The molecule has 0 radical (unpaired) electrons. The molecule has 17 heavy (non-hydrogen) atoms. The normalized spacial score (nSPS) is 10.0. The van der Waals surface area contributed by atoms with E-state index in [4.69, 9.17) is 0 Å². The van der Waals surface area contributed by atoms with Crippen molar-refractivity contribution < 1.29 is 9.18 Å². The van der Waals surface area contributed by atoms with Gasteiger partial charge in [-0.25, -0.2) is 4.39 Å². The highest BCUT2D eigenvalue weighted by molar-refractivity contribution is 6.04. The number of para-hydroxylation sites is 1. The molecule has 0 spiro atoms. The molecule has 0 atom stereocenters. The molecule has 2 rings (SSSR count). The topological polar surface area (TPSA) is 42.0 Å². The Kier molecular flexibility index (Phi) is 3.14. The largest absolute Gasteiger partial charge is 0.322 e. The van der Waals surface area contributed by atoms with Gasteiger partial charge in [-0.15, -0.1) is 0 Å². The highest BCUT2D eigenvalue weighted by Crippen LogP contribution is 2.15. The first-order valence-electron chi connectivity index (χ1n) is 5.15. The van der Waals surface area contributed by atoms with Crippen LogP contribution >= 0.6 is 0 Å². The quantitative estimate of drug-likeness (QED) is 0.861. The predicted molar refractivity (Wildman–Crippen MR) is 63.3 cm³/mol. The van der Waals surface area contributed by atoms with Crippen LogP contribution in [0.3, 0.4) is 0 Å². The zero-order valence-corrected chi connectivity index (χ0v) is 9.27. The van der Waals surface area contributed by atoms with E-state index in [1.165, 1.54) is 12.3 Å². The molecule has 1 heterocycles. The van der Waals surface area contributed by atoms with Crippen LogP contribution in [0.2, 0.25) is 0 Å². The summed E-state index contributed by atoms with van der Waals surface area (Å²) in [6.07, 6.45) is 2.41. The Morgan fingerprint density at radius 3 is 2.76 bits per heavy atom. The average Bonchev–Trinajstić information content (AvgIpc) is 2.32. The average molecular weight is 230 g/mol. The number of nitrogens with zero attached hydrogens (tertiary/aromatic N) is 1. The monoisotopic (exact) mass is 230 g/mol. The van der Waals surface area contributed by atoms with Crippen molar-refractivity contribution in [2.45, 2.75) is 6.92 Å². The molecular weight excluding hydrogens is 219 g/mol. The van der Waals surface area contributed by atoms with Crippen molar-refractivity contribution in [3.05, 3.63) is 59.7 Å². The van der Waals surface area contributed by atoms with Crippen molar-refractivity contribution in [1.82, 2.24) is 4.98 Å². The lowest BCUT2D eigenvalue weighted by atomic mass is 10.2. The fraction of sp³-hybridized carbons (Fsp3) is 0.0769. The van der Waals surface area contributed by atoms with Gasteiger partial charge in [-0.1, -0.05) is 18.2 Å². The predicted octanol–water partition coefficient (Wildman–Crippen LogP) is 2.78. The van der Waals surface area contributed by atoms with Gasteiger partial charge in [-0.3, -0.25) is 9.78 Å². The molecule has 1 aromatic heterocycles. The van der Waals surface area contributed by atoms with Crippen molar-refractivity contribution >= 4 is 11.6 Å². The van der Waals surface area contributed by atoms with Crippen molar-refractivity contribution in [3.8, 4) is 0 Å². The smallest absolute Gasteiger partial charge is 0.258 e. The molecule has 0 unspecified atom stereocenters. The van der Waals surface area contributed by atoms with Gasteiger partial charge in [0.2, 0.25) is 0 Å². The fourth-order valence-electron chi connectivity index (χ4n) is 1.46. The number of carbonyl (C=O) groups is 1. The summed E-state index contributed by atoms with van der Waals surface area (Å²) >= 11 is 0. The van der Waals surface area contributed by atoms with Gasteiger partial charge >= 0.3 is 0 Å². The minimum Gasteiger partial charge on any atom is -0.322 e. The van der Waals surface area contributed by atoms with Crippen LogP contribution in [-0.2, 0) is 0 Å². The lowest BCUT2D eigenvalue weighted by Gasteiger charge is -2.08. The van der Waals surface area contributed by atoms with Gasteiger partial charge in [0, 0.05) is 11.9 Å². The lowest BCUT2D eigenvalue weighted by molar-refractivity contribution is 0.102. The molecule has 0 saturated heterocycles. The number of benzene rings is 1. The molecule has 0 saturated carbocycles. The molecule has 0 aliphatic carbocycles. The van der Waals surface area contributed by atoms with Crippen LogP contribution in [-0.4, -0.2) is 10.9 Å². The van der Waals surface area contributed by atoms with Gasteiger partial charge < -0.3 is 5.32 Å². The van der Waals surface area contributed by atoms with Gasteiger partial charge in [-0.05, 0) is 24.6 Å². The molecule has 0 aliphatic rings. The number of rotatable bonds is 2. The lowest BCUT2D eigenvalue weighted by Crippen LogP contribution is -2.14. The van der Waals surface area contributed by atoms with E-state index in [0.717, 1.165) is 11.8 Å². The number of carbonyl (C=O) groups excluding carboxylic acids is 1. The summed E-state index contributed by atoms with van der Waals surface area (Å²) in [5.41, 5.74) is 1.59. The van der Waals surface area contributed by atoms with E-state index in [1.807, 2.05) is 25.1 Å². The van der Waals surface area contributed by atoms with Crippen LogP contribution in [0.5, 0.6) is 0 Å². The summed E-state index contributed by atoms with van der Waals surface area (Å²) in [4.78, 5) is 15.4. The van der Waals surface area contributed by atoms with Crippen LogP contribution in [0.25, 0.3) is 0 Å². The summed E-state index contributed by atoms with van der Waals surface area (Å²) < 4.78 is 13.3. The van der Waals surface area contributed by atoms with Crippen molar-refractivity contribution in [1.29, 1.82) is 0 Å². The number of pyridine rings is 1. The second-order valence-corrected chi connectivity index (χ2v) is 3.62. The molecular formula is C13H11FN2O. The van der Waals surface area contributed by atoms with E-state index >= 15 is 0 Å². The minimum absolute atomic E-state index is 0.0109. The molecule has 4 heteroatoms. The molecule has 3 nitrogen and oxygen atoms in total. The Hall–Kier alpha value is -2.23. The molecule has 0 aliphatic heterocycles. The Morgan fingerprint density at radius 2 is 2.06 bits per heavy atom. The number of aromatic nitrogens is 1. The third-order valence-electron chi connectivity index (χ3n) is 2.41. The van der Waals surface area contributed by atoms with Gasteiger partial charge in [0.1, 0.15) is 0 Å². The van der Waals surface area contributed by atoms with Crippen LogP contribution in [0, 0.1) is 12.7 Å². The molecule has 1 aromatic carbocycles. The standard InChI is InChI=1S/C13H11FN2O/c1-9-4-2-3-5-12(9)16-13(17)10-6-7-15-8-11(10)14/h2-8H,1H3,(H,16,17). The van der Waals surface area contributed by atoms with E-state index < -0.39 is 11.7 Å². The maximum Gasteiger partial charge on any atom is 0.258 e. The highest BCUT2D eigenvalue weighted by atomic mass is 19.1. The third-order valence-corrected chi connectivity index (χ3v) is 2.41. The number of halogens is 1.